The van der Waals surface area contributed by atoms with Crippen LogP contribution in [0.4, 0.5) is 11.5 Å². The second-order valence-corrected chi connectivity index (χ2v) is 7.41. The molecule has 30 heavy (non-hydrogen) atoms. The van der Waals surface area contributed by atoms with Crippen molar-refractivity contribution in [3.05, 3.63) is 67.1 Å². The van der Waals surface area contributed by atoms with Gasteiger partial charge in [-0.25, -0.2) is 0 Å². The van der Waals surface area contributed by atoms with Gasteiger partial charge in [-0.2, -0.15) is 0 Å². The summed E-state index contributed by atoms with van der Waals surface area (Å²) >= 11 is 0. The second kappa shape index (κ2) is 7.94. The molecule has 1 aliphatic heterocycles. The van der Waals surface area contributed by atoms with Crippen LogP contribution in [-0.4, -0.2) is 46.9 Å². The molecule has 0 atom stereocenters. The molecule has 1 aliphatic rings. The van der Waals surface area contributed by atoms with Gasteiger partial charge in [0.05, 0.1) is 18.3 Å². The SMILES string of the molecule is COc1ccc2nccc(NCC3CN(c4ccc(-c5ccncc5)nn4)C3)c2c1. The van der Waals surface area contributed by atoms with Crippen molar-refractivity contribution in [3.63, 3.8) is 0 Å². The third-order valence-electron chi connectivity index (χ3n) is 5.44. The summed E-state index contributed by atoms with van der Waals surface area (Å²) in [5, 5.41) is 13.4. The van der Waals surface area contributed by atoms with Gasteiger partial charge >= 0.3 is 0 Å². The summed E-state index contributed by atoms with van der Waals surface area (Å²) in [6, 6.07) is 15.9. The highest BCUT2D eigenvalue weighted by Crippen LogP contribution is 2.28. The Hall–Kier alpha value is -3.74. The van der Waals surface area contributed by atoms with Gasteiger partial charge in [-0.05, 0) is 48.5 Å². The minimum absolute atomic E-state index is 0.556. The fourth-order valence-electron chi connectivity index (χ4n) is 3.72. The van der Waals surface area contributed by atoms with Crippen molar-refractivity contribution >= 4 is 22.4 Å². The Kier molecular flexibility index (Phi) is 4.85. The normalized spacial score (nSPS) is 13.8. The number of aromatic nitrogens is 4. The summed E-state index contributed by atoms with van der Waals surface area (Å²) in [5.74, 6) is 2.31. The zero-order valence-electron chi connectivity index (χ0n) is 16.7. The Morgan fingerprint density at radius 1 is 1.00 bits per heavy atom. The maximum Gasteiger partial charge on any atom is 0.151 e. The molecule has 7 nitrogen and oxygen atoms in total. The summed E-state index contributed by atoms with van der Waals surface area (Å²) in [7, 11) is 1.68. The van der Waals surface area contributed by atoms with E-state index in [1.165, 1.54) is 0 Å². The molecule has 7 heteroatoms. The monoisotopic (exact) mass is 398 g/mol. The van der Waals surface area contributed by atoms with E-state index in [1.54, 1.807) is 19.5 Å². The third-order valence-corrected chi connectivity index (χ3v) is 5.44. The first-order valence-electron chi connectivity index (χ1n) is 9.96. The quantitative estimate of drug-likeness (QED) is 0.531. The minimum atomic E-state index is 0.556. The number of pyridine rings is 2. The molecule has 4 aromatic rings. The largest absolute Gasteiger partial charge is 0.497 e. The van der Waals surface area contributed by atoms with Gasteiger partial charge in [0.15, 0.2) is 5.82 Å². The summed E-state index contributed by atoms with van der Waals surface area (Å²) < 4.78 is 5.36. The van der Waals surface area contributed by atoms with Crippen molar-refractivity contribution in [2.24, 2.45) is 5.92 Å². The van der Waals surface area contributed by atoms with Crippen LogP contribution in [0.25, 0.3) is 22.2 Å². The molecule has 4 heterocycles. The van der Waals surface area contributed by atoms with E-state index in [2.05, 4.69) is 30.4 Å². The summed E-state index contributed by atoms with van der Waals surface area (Å²) in [5.41, 5.74) is 3.93. The molecule has 0 amide bonds. The maximum atomic E-state index is 5.36. The number of nitrogens with one attached hydrogen (secondary N) is 1. The van der Waals surface area contributed by atoms with Crippen LogP contribution in [0.1, 0.15) is 0 Å². The lowest BCUT2D eigenvalue weighted by molar-refractivity contribution is 0.415. The highest BCUT2D eigenvalue weighted by atomic mass is 16.5. The fraction of sp³-hybridized carbons (Fsp3) is 0.217. The van der Waals surface area contributed by atoms with Crippen LogP contribution in [0, 0.1) is 5.92 Å². The van der Waals surface area contributed by atoms with Gasteiger partial charge in [0.25, 0.3) is 0 Å². The second-order valence-electron chi connectivity index (χ2n) is 7.41. The van der Waals surface area contributed by atoms with Crippen molar-refractivity contribution in [1.82, 2.24) is 20.2 Å². The van der Waals surface area contributed by atoms with Crippen LogP contribution >= 0.6 is 0 Å². The molecule has 0 bridgehead atoms. The number of rotatable bonds is 6. The van der Waals surface area contributed by atoms with E-state index >= 15 is 0 Å². The molecule has 1 fully saturated rings. The molecule has 0 unspecified atom stereocenters. The van der Waals surface area contributed by atoms with Crippen LogP contribution in [0.5, 0.6) is 5.75 Å². The Bertz CT molecular complexity index is 1140. The number of ether oxygens (including phenoxy) is 1. The molecule has 0 saturated carbocycles. The van der Waals surface area contributed by atoms with E-state index in [1.807, 2.05) is 54.7 Å². The van der Waals surface area contributed by atoms with Crippen LogP contribution in [0.3, 0.4) is 0 Å². The number of nitrogens with zero attached hydrogens (tertiary/aromatic N) is 5. The molecular formula is C23H22N6O. The maximum absolute atomic E-state index is 5.36. The molecule has 0 aliphatic carbocycles. The first kappa shape index (κ1) is 18.3. The molecule has 5 rings (SSSR count). The van der Waals surface area contributed by atoms with Gasteiger partial charge in [-0.3, -0.25) is 9.97 Å². The lowest BCUT2D eigenvalue weighted by atomic mass is 10.00. The van der Waals surface area contributed by atoms with Crippen LogP contribution in [0.15, 0.2) is 67.1 Å². The number of methoxy groups -OCH3 is 1. The molecule has 1 N–H and O–H groups in total. The predicted octanol–water partition coefficient (Wildman–Crippen LogP) is 3.64. The molecule has 0 spiro atoms. The highest BCUT2D eigenvalue weighted by Gasteiger charge is 2.28. The lowest BCUT2D eigenvalue weighted by Gasteiger charge is -2.40. The van der Waals surface area contributed by atoms with E-state index in [4.69, 9.17) is 4.74 Å². The topological polar surface area (TPSA) is 76.1 Å². The molecule has 0 radical (unpaired) electrons. The minimum Gasteiger partial charge on any atom is -0.497 e. The van der Waals surface area contributed by atoms with Crippen LogP contribution in [0.2, 0.25) is 0 Å². The molecule has 1 saturated heterocycles. The number of fused-ring (bicyclic) bond motifs is 1. The van der Waals surface area contributed by atoms with Crippen LogP contribution < -0.4 is 15.0 Å². The number of anilines is 2. The summed E-state index contributed by atoms with van der Waals surface area (Å²) in [4.78, 5) is 10.7. The van der Waals surface area contributed by atoms with Gasteiger partial charge in [-0.1, -0.05) is 0 Å². The van der Waals surface area contributed by atoms with Gasteiger partial charge in [0, 0.05) is 60.8 Å². The zero-order chi connectivity index (χ0) is 20.3. The average molecular weight is 398 g/mol. The van der Waals surface area contributed by atoms with Gasteiger partial charge in [0.2, 0.25) is 0 Å². The van der Waals surface area contributed by atoms with Crippen molar-refractivity contribution < 1.29 is 4.74 Å². The number of hydrogen-bond acceptors (Lipinski definition) is 7. The van der Waals surface area contributed by atoms with Crippen molar-refractivity contribution in [2.45, 2.75) is 0 Å². The van der Waals surface area contributed by atoms with Gasteiger partial charge in [0.1, 0.15) is 5.75 Å². The third kappa shape index (κ3) is 3.61. The Balaban J connectivity index is 1.20. The van der Waals surface area contributed by atoms with Crippen molar-refractivity contribution in [1.29, 1.82) is 0 Å². The zero-order valence-corrected chi connectivity index (χ0v) is 16.7. The number of benzene rings is 1. The van der Waals surface area contributed by atoms with E-state index < -0.39 is 0 Å². The molecule has 3 aromatic heterocycles. The van der Waals surface area contributed by atoms with E-state index in [0.29, 0.717) is 5.92 Å². The standard InChI is InChI=1S/C23H22N6O/c1-30-18-2-3-21-19(12-18)22(8-11-25-21)26-13-16-14-29(15-16)23-5-4-20(27-28-23)17-6-9-24-10-7-17/h2-12,16H,13-15H2,1H3,(H,25,26). The summed E-state index contributed by atoms with van der Waals surface area (Å²) in [6.45, 7) is 2.82. The lowest BCUT2D eigenvalue weighted by Crippen LogP contribution is -2.50. The van der Waals surface area contributed by atoms with Gasteiger partial charge in [-0.15, -0.1) is 10.2 Å². The van der Waals surface area contributed by atoms with E-state index in [0.717, 1.165) is 59.0 Å². The fourth-order valence-corrected chi connectivity index (χ4v) is 3.72. The first-order valence-corrected chi connectivity index (χ1v) is 9.96. The van der Waals surface area contributed by atoms with Crippen molar-refractivity contribution in [3.8, 4) is 17.0 Å². The molecule has 150 valence electrons. The predicted molar refractivity (Wildman–Crippen MR) is 118 cm³/mol. The molecule has 1 aromatic carbocycles. The Morgan fingerprint density at radius 3 is 2.63 bits per heavy atom. The Morgan fingerprint density at radius 2 is 1.87 bits per heavy atom. The number of hydrogen-bond donors (Lipinski definition) is 1. The Labute approximate surface area is 174 Å². The summed E-state index contributed by atoms with van der Waals surface area (Å²) in [6.07, 6.45) is 5.37. The van der Waals surface area contributed by atoms with E-state index in [-0.39, 0.29) is 0 Å². The van der Waals surface area contributed by atoms with Crippen molar-refractivity contribution in [2.75, 3.05) is 37.0 Å². The first-order chi connectivity index (χ1) is 14.8. The van der Waals surface area contributed by atoms with E-state index in [9.17, 15) is 0 Å². The smallest absolute Gasteiger partial charge is 0.151 e. The molecular weight excluding hydrogens is 376 g/mol. The highest BCUT2D eigenvalue weighted by molar-refractivity contribution is 5.92. The van der Waals surface area contributed by atoms with Crippen LogP contribution in [-0.2, 0) is 0 Å². The average Bonchev–Trinajstić information content (AvgIpc) is 2.79. The van der Waals surface area contributed by atoms with Gasteiger partial charge < -0.3 is 15.0 Å².